The molecular formula is C15H16ClNO2. The third kappa shape index (κ3) is 3.80. The van der Waals surface area contributed by atoms with Crippen LogP contribution in [0.5, 0.6) is 11.5 Å². The van der Waals surface area contributed by atoms with Crippen LogP contribution < -0.4 is 15.2 Å². The van der Waals surface area contributed by atoms with Crippen molar-refractivity contribution >= 4 is 17.3 Å². The standard InChI is InChI=1S/C15H16ClNO2/c1-2-18-13-5-7-14(8-6-13)19-10-11-3-4-12(16)9-15(11)17/h3-9H,2,10,17H2,1H3. The summed E-state index contributed by atoms with van der Waals surface area (Å²) in [5.74, 6) is 1.61. The van der Waals surface area contributed by atoms with Crippen LogP contribution in [0.4, 0.5) is 5.69 Å². The number of benzene rings is 2. The first-order valence-electron chi connectivity index (χ1n) is 6.08. The van der Waals surface area contributed by atoms with Crippen molar-refractivity contribution in [3.05, 3.63) is 53.1 Å². The maximum absolute atomic E-state index is 5.86. The van der Waals surface area contributed by atoms with Crippen molar-refractivity contribution < 1.29 is 9.47 Å². The van der Waals surface area contributed by atoms with Crippen LogP contribution in [0, 0.1) is 0 Å². The fraction of sp³-hybridized carbons (Fsp3) is 0.200. The molecule has 0 fully saturated rings. The van der Waals surface area contributed by atoms with E-state index in [9.17, 15) is 0 Å². The summed E-state index contributed by atoms with van der Waals surface area (Å²) in [4.78, 5) is 0. The normalized spacial score (nSPS) is 10.2. The molecule has 100 valence electrons. The summed E-state index contributed by atoms with van der Waals surface area (Å²) >= 11 is 5.85. The van der Waals surface area contributed by atoms with Crippen molar-refractivity contribution in [2.75, 3.05) is 12.3 Å². The van der Waals surface area contributed by atoms with E-state index in [0.717, 1.165) is 17.1 Å². The molecule has 0 aromatic heterocycles. The highest BCUT2D eigenvalue weighted by atomic mass is 35.5. The van der Waals surface area contributed by atoms with Crippen LogP contribution in [0.2, 0.25) is 5.02 Å². The molecule has 0 saturated heterocycles. The molecule has 0 aliphatic rings. The second kappa shape index (κ2) is 6.34. The number of halogens is 1. The molecule has 0 amide bonds. The molecule has 2 aromatic rings. The van der Waals surface area contributed by atoms with Gasteiger partial charge in [0.2, 0.25) is 0 Å². The van der Waals surface area contributed by atoms with E-state index in [1.165, 1.54) is 0 Å². The lowest BCUT2D eigenvalue weighted by Crippen LogP contribution is -2.00. The van der Waals surface area contributed by atoms with Gasteiger partial charge in [0, 0.05) is 16.3 Å². The Hall–Kier alpha value is -1.87. The molecule has 4 heteroatoms. The molecule has 0 aliphatic carbocycles. The Balaban J connectivity index is 1.98. The lowest BCUT2D eigenvalue weighted by Gasteiger charge is -2.09. The Morgan fingerprint density at radius 1 is 1.00 bits per heavy atom. The second-order valence-electron chi connectivity index (χ2n) is 4.04. The molecule has 19 heavy (non-hydrogen) atoms. The zero-order valence-electron chi connectivity index (χ0n) is 10.7. The van der Waals surface area contributed by atoms with Crippen molar-refractivity contribution in [1.29, 1.82) is 0 Å². The average Bonchev–Trinajstić information content (AvgIpc) is 2.40. The molecule has 3 nitrogen and oxygen atoms in total. The van der Waals surface area contributed by atoms with E-state index in [1.54, 1.807) is 12.1 Å². The van der Waals surface area contributed by atoms with Gasteiger partial charge >= 0.3 is 0 Å². The number of nitrogen functional groups attached to an aromatic ring is 1. The van der Waals surface area contributed by atoms with Crippen LogP contribution in [-0.2, 0) is 6.61 Å². The minimum Gasteiger partial charge on any atom is -0.494 e. The summed E-state index contributed by atoms with van der Waals surface area (Å²) in [5, 5.41) is 0.627. The smallest absolute Gasteiger partial charge is 0.120 e. The molecule has 0 spiro atoms. The Labute approximate surface area is 117 Å². The fourth-order valence-corrected chi connectivity index (χ4v) is 1.84. The molecule has 0 radical (unpaired) electrons. The van der Waals surface area contributed by atoms with Crippen LogP contribution in [0.3, 0.4) is 0 Å². The minimum absolute atomic E-state index is 0.414. The molecule has 2 rings (SSSR count). The topological polar surface area (TPSA) is 44.5 Å². The first-order chi connectivity index (χ1) is 9.19. The lowest BCUT2D eigenvalue weighted by molar-refractivity contribution is 0.304. The molecule has 0 heterocycles. The van der Waals surface area contributed by atoms with E-state index in [0.29, 0.717) is 23.9 Å². The number of hydrogen-bond acceptors (Lipinski definition) is 3. The summed E-state index contributed by atoms with van der Waals surface area (Å²) in [6.45, 7) is 3.02. The quantitative estimate of drug-likeness (QED) is 0.843. The van der Waals surface area contributed by atoms with Gasteiger partial charge in [-0.05, 0) is 43.3 Å². The van der Waals surface area contributed by atoms with E-state index in [1.807, 2.05) is 37.3 Å². The molecule has 2 aromatic carbocycles. The van der Waals surface area contributed by atoms with Gasteiger partial charge in [-0.15, -0.1) is 0 Å². The molecule has 0 atom stereocenters. The molecule has 2 N–H and O–H groups in total. The highest BCUT2D eigenvalue weighted by Crippen LogP contribution is 2.22. The average molecular weight is 278 g/mol. The highest BCUT2D eigenvalue weighted by Gasteiger charge is 2.02. The van der Waals surface area contributed by atoms with Gasteiger partial charge in [-0.3, -0.25) is 0 Å². The van der Waals surface area contributed by atoms with Gasteiger partial charge in [0.25, 0.3) is 0 Å². The third-order valence-corrected chi connectivity index (χ3v) is 2.87. The minimum atomic E-state index is 0.414. The first-order valence-corrected chi connectivity index (χ1v) is 6.46. The maximum atomic E-state index is 5.86. The van der Waals surface area contributed by atoms with Crippen molar-refractivity contribution in [3.8, 4) is 11.5 Å². The Kier molecular flexibility index (Phi) is 4.53. The lowest BCUT2D eigenvalue weighted by atomic mass is 10.2. The van der Waals surface area contributed by atoms with Gasteiger partial charge in [0.15, 0.2) is 0 Å². The summed E-state index contributed by atoms with van der Waals surface area (Å²) < 4.78 is 11.0. The summed E-state index contributed by atoms with van der Waals surface area (Å²) in [7, 11) is 0. The van der Waals surface area contributed by atoms with Crippen LogP contribution >= 0.6 is 11.6 Å². The molecule has 0 saturated carbocycles. The summed E-state index contributed by atoms with van der Waals surface area (Å²) in [5.41, 5.74) is 7.42. The van der Waals surface area contributed by atoms with E-state index in [2.05, 4.69) is 0 Å². The molecule has 0 unspecified atom stereocenters. The third-order valence-electron chi connectivity index (χ3n) is 2.64. The Morgan fingerprint density at radius 3 is 2.21 bits per heavy atom. The van der Waals surface area contributed by atoms with Crippen molar-refractivity contribution in [3.63, 3.8) is 0 Å². The SMILES string of the molecule is CCOc1ccc(OCc2ccc(Cl)cc2N)cc1. The van der Waals surface area contributed by atoms with Crippen molar-refractivity contribution in [2.24, 2.45) is 0 Å². The van der Waals surface area contributed by atoms with Gasteiger partial charge in [-0.25, -0.2) is 0 Å². The van der Waals surface area contributed by atoms with Crippen LogP contribution in [0.15, 0.2) is 42.5 Å². The van der Waals surface area contributed by atoms with E-state index < -0.39 is 0 Å². The number of hydrogen-bond donors (Lipinski definition) is 1. The Morgan fingerprint density at radius 2 is 1.63 bits per heavy atom. The first kappa shape index (κ1) is 13.6. The van der Waals surface area contributed by atoms with E-state index in [-0.39, 0.29) is 0 Å². The number of ether oxygens (including phenoxy) is 2. The highest BCUT2D eigenvalue weighted by molar-refractivity contribution is 6.30. The van der Waals surface area contributed by atoms with Crippen LogP contribution in [-0.4, -0.2) is 6.61 Å². The number of nitrogens with two attached hydrogens (primary N) is 1. The van der Waals surface area contributed by atoms with E-state index in [4.69, 9.17) is 26.8 Å². The predicted octanol–water partition coefficient (Wildman–Crippen LogP) is 3.90. The van der Waals surface area contributed by atoms with Gasteiger partial charge in [0.05, 0.1) is 6.61 Å². The summed E-state index contributed by atoms with van der Waals surface area (Å²) in [6, 6.07) is 12.9. The zero-order valence-corrected chi connectivity index (χ0v) is 11.5. The number of rotatable bonds is 5. The van der Waals surface area contributed by atoms with Gasteiger partial charge in [-0.1, -0.05) is 17.7 Å². The van der Waals surface area contributed by atoms with Crippen molar-refractivity contribution in [2.45, 2.75) is 13.5 Å². The van der Waals surface area contributed by atoms with Gasteiger partial charge in [-0.2, -0.15) is 0 Å². The zero-order chi connectivity index (χ0) is 13.7. The molecule has 0 aliphatic heterocycles. The monoisotopic (exact) mass is 277 g/mol. The van der Waals surface area contributed by atoms with Crippen LogP contribution in [0.1, 0.15) is 12.5 Å². The molecular weight excluding hydrogens is 262 g/mol. The number of anilines is 1. The largest absolute Gasteiger partial charge is 0.494 e. The van der Waals surface area contributed by atoms with E-state index >= 15 is 0 Å². The maximum Gasteiger partial charge on any atom is 0.120 e. The van der Waals surface area contributed by atoms with Gasteiger partial charge < -0.3 is 15.2 Å². The summed E-state index contributed by atoms with van der Waals surface area (Å²) in [6.07, 6.45) is 0. The fourth-order valence-electron chi connectivity index (χ4n) is 1.66. The van der Waals surface area contributed by atoms with Crippen LogP contribution in [0.25, 0.3) is 0 Å². The predicted molar refractivity (Wildman–Crippen MR) is 77.8 cm³/mol. The second-order valence-corrected chi connectivity index (χ2v) is 4.47. The van der Waals surface area contributed by atoms with Crippen molar-refractivity contribution in [1.82, 2.24) is 0 Å². The van der Waals surface area contributed by atoms with Gasteiger partial charge in [0.1, 0.15) is 18.1 Å². The molecule has 0 bridgehead atoms. The Bertz CT molecular complexity index is 540.